The number of nitro groups is 2. The van der Waals surface area contributed by atoms with Gasteiger partial charge in [-0.05, 0) is 0 Å². The number of esters is 1. The molecule has 0 aromatic carbocycles. The largest absolute Gasteiger partial charge is 0.465 e. The van der Waals surface area contributed by atoms with Crippen LogP contribution in [0.1, 0.15) is 0 Å². The third-order valence-electron chi connectivity index (χ3n) is 2.61. The van der Waals surface area contributed by atoms with Crippen LogP contribution in [0.25, 0.3) is 0 Å². The van der Waals surface area contributed by atoms with E-state index in [0.717, 1.165) is 0 Å². The van der Waals surface area contributed by atoms with Crippen LogP contribution < -0.4 is 0 Å². The molecule has 14 nitrogen and oxygen atoms in total. The monoisotopic (exact) mass is 353 g/mol. The zero-order valence-electron chi connectivity index (χ0n) is 11.0. The van der Waals surface area contributed by atoms with Crippen molar-refractivity contribution >= 4 is 21.8 Å². The molecular weight excluding hydrogens is 346 g/mol. The first-order chi connectivity index (χ1) is 10.4. The molecule has 126 valence electrons. The van der Waals surface area contributed by atoms with Gasteiger partial charge in [-0.25, -0.2) is 4.79 Å². The van der Waals surface area contributed by atoms with E-state index in [-0.39, 0.29) is 6.08 Å². The SMILES string of the molecule is COC(=O)C1=C([N+](=O)[O-])C(S(=O)(=O)O)C([N+](=O)[O-])=C/C1=[N+](/[O-])O. The molecule has 0 bridgehead atoms. The van der Waals surface area contributed by atoms with Crippen LogP contribution in [-0.4, -0.2) is 57.0 Å². The van der Waals surface area contributed by atoms with Crippen molar-refractivity contribution in [2.45, 2.75) is 5.25 Å². The Balaban J connectivity index is 4.01. The van der Waals surface area contributed by atoms with E-state index < -0.39 is 58.8 Å². The van der Waals surface area contributed by atoms with Gasteiger partial charge < -0.3 is 9.94 Å². The van der Waals surface area contributed by atoms with Gasteiger partial charge in [0.2, 0.25) is 5.57 Å². The van der Waals surface area contributed by atoms with Crippen LogP contribution in [-0.2, 0) is 19.6 Å². The van der Waals surface area contributed by atoms with Crippen LogP contribution in [0.15, 0.2) is 23.0 Å². The van der Waals surface area contributed by atoms with Gasteiger partial charge in [-0.15, -0.1) is 0 Å². The second kappa shape index (κ2) is 5.97. The summed E-state index contributed by atoms with van der Waals surface area (Å²) in [5.74, 6) is -1.63. The number of methoxy groups -OCH3 is 1. The molecule has 1 atom stereocenters. The Hall–Kier alpha value is -3.07. The average Bonchev–Trinajstić information content (AvgIpc) is 2.42. The molecule has 0 amide bonds. The lowest BCUT2D eigenvalue weighted by molar-refractivity contribution is -0.725. The summed E-state index contributed by atoms with van der Waals surface area (Å²) >= 11 is 0. The van der Waals surface area contributed by atoms with Crippen molar-refractivity contribution in [1.29, 1.82) is 0 Å². The Morgan fingerprint density at radius 2 is 1.78 bits per heavy atom. The summed E-state index contributed by atoms with van der Waals surface area (Å²) in [4.78, 5) is 29.5. The Bertz CT molecular complexity index is 786. The third-order valence-corrected chi connectivity index (χ3v) is 3.68. The second-order valence-corrected chi connectivity index (χ2v) is 5.39. The fraction of sp³-hybridized carbons (Fsp3) is 0.250. The standard InChI is InChI=1S/C8H7N3O11S/c1-22-8(12)5-3(9(13)14)2-4(10(15)16)7(23(19,20)21)6(5)11(17)18/h2,7H,1H3,(H,13,14)(H,19,20,21). The van der Waals surface area contributed by atoms with Crippen LogP contribution in [0.5, 0.6) is 0 Å². The van der Waals surface area contributed by atoms with Gasteiger partial charge in [-0.2, -0.15) is 8.42 Å². The second-order valence-electron chi connectivity index (χ2n) is 3.89. The van der Waals surface area contributed by atoms with E-state index in [1.807, 2.05) is 0 Å². The number of hydrogen-bond acceptors (Lipinski definition) is 10. The number of carbonyl (C=O) groups excluding carboxylic acids is 1. The van der Waals surface area contributed by atoms with Crippen LogP contribution in [0, 0.1) is 25.4 Å². The Labute approximate surface area is 126 Å². The minimum absolute atomic E-state index is 0.102. The molecule has 15 heteroatoms. The molecule has 0 aliphatic heterocycles. The summed E-state index contributed by atoms with van der Waals surface area (Å²) in [6.45, 7) is 0. The Morgan fingerprint density at radius 1 is 1.26 bits per heavy atom. The molecule has 0 saturated heterocycles. The fourth-order valence-corrected chi connectivity index (χ4v) is 2.73. The highest BCUT2D eigenvalue weighted by atomic mass is 32.2. The van der Waals surface area contributed by atoms with E-state index in [0.29, 0.717) is 7.11 Å². The number of hydrogen-bond donors (Lipinski definition) is 2. The fourth-order valence-electron chi connectivity index (χ4n) is 1.78. The van der Waals surface area contributed by atoms with E-state index in [1.54, 1.807) is 0 Å². The maximum atomic E-state index is 11.6. The van der Waals surface area contributed by atoms with E-state index >= 15 is 0 Å². The smallest absolute Gasteiger partial charge is 0.351 e. The molecule has 2 N–H and O–H groups in total. The molecule has 0 fully saturated rings. The van der Waals surface area contributed by atoms with Gasteiger partial charge in [0, 0.05) is 4.90 Å². The van der Waals surface area contributed by atoms with Crippen molar-refractivity contribution < 1.29 is 42.5 Å². The van der Waals surface area contributed by atoms with Gasteiger partial charge in [0.15, 0.2) is 0 Å². The lowest BCUT2D eigenvalue weighted by Gasteiger charge is -2.15. The van der Waals surface area contributed by atoms with Crippen LogP contribution in [0.3, 0.4) is 0 Å². The highest BCUT2D eigenvalue weighted by molar-refractivity contribution is 7.86. The molecule has 1 aliphatic carbocycles. The topological polar surface area (TPSA) is 213 Å². The molecular formula is C8H7N3O11S. The highest BCUT2D eigenvalue weighted by Crippen LogP contribution is 2.30. The minimum Gasteiger partial charge on any atom is -0.465 e. The molecule has 1 aliphatic rings. The van der Waals surface area contributed by atoms with Crippen LogP contribution in [0.2, 0.25) is 0 Å². The number of rotatable bonds is 4. The summed E-state index contributed by atoms with van der Waals surface area (Å²) in [5, 5.41) is 39.0. The van der Waals surface area contributed by atoms with Crippen LogP contribution >= 0.6 is 0 Å². The van der Waals surface area contributed by atoms with Crippen molar-refractivity contribution in [2.24, 2.45) is 0 Å². The number of nitrogens with zero attached hydrogens (tertiary/aromatic N) is 3. The molecule has 0 radical (unpaired) electrons. The van der Waals surface area contributed by atoms with E-state index in [1.165, 1.54) is 0 Å². The van der Waals surface area contributed by atoms with Gasteiger partial charge in [-0.1, -0.05) is 0 Å². The summed E-state index contributed by atoms with van der Waals surface area (Å²) in [5.41, 5.74) is -5.88. The first-order valence-corrected chi connectivity index (χ1v) is 6.76. The summed E-state index contributed by atoms with van der Waals surface area (Å²) in [6, 6.07) is 0. The summed E-state index contributed by atoms with van der Waals surface area (Å²) in [7, 11) is -4.76. The maximum absolute atomic E-state index is 11.6. The predicted octanol–water partition coefficient (Wildman–Crippen LogP) is -1.54. The molecule has 0 spiro atoms. The van der Waals surface area contributed by atoms with E-state index in [2.05, 4.69) is 4.74 Å². The minimum atomic E-state index is -5.47. The van der Waals surface area contributed by atoms with Crippen LogP contribution in [0.4, 0.5) is 0 Å². The van der Waals surface area contributed by atoms with Gasteiger partial charge in [-0.3, -0.25) is 30.0 Å². The van der Waals surface area contributed by atoms with E-state index in [9.17, 15) is 38.6 Å². The van der Waals surface area contributed by atoms with Gasteiger partial charge in [0.25, 0.3) is 32.5 Å². The van der Waals surface area contributed by atoms with Crippen molar-refractivity contribution in [1.82, 2.24) is 0 Å². The predicted molar refractivity (Wildman–Crippen MR) is 66.9 cm³/mol. The van der Waals surface area contributed by atoms with E-state index in [4.69, 9.17) is 9.76 Å². The molecule has 1 unspecified atom stereocenters. The lowest BCUT2D eigenvalue weighted by Crippen LogP contribution is -2.40. The first-order valence-electron chi connectivity index (χ1n) is 5.26. The quantitative estimate of drug-likeness (QED) is 0.147. The first kappa shape index (κ1) is 18.0. The molecule has 0 aromatic rings. The molecule has 0 aromatic heterocycles. The summed E-state index contributed by atoms with van der Waals surface area (Å²) < 4.78 is 35.8. The molecule has 0 heterocycles. The number of carbonyl (C=O) groups is 1. The zero-order chi connectivity index (χ0) is 18.1. The van der Waals surface area contributed by atoms with Crippen molar-refractivity contribution in [3.8, 4) is 0 Å². The molecule has 23 heavy (non-hydrogen) atoms. The lowest BCUT2D eigenvalue weighted by atomic mass is 9.97. The maximum Gasteiger partial charge on any atom is 0.351 e. The third kappa shape index (κ3) is 3.24. The van der Waals surface area contributed by atoms with Crippen molar-refractivity contribution in [3.63, 3.8) is 0 Å². The van der Waals surface area contributed by atoms with Gasteiger partial charge in [0.1, 0.15) is 0 Å². The highest BCUT2D eigenvalue weighted by Gasteiger charge is 2.55. The molecule has 0 saturated carbocycles. The molecule has 1 rings (SSSR count). The number of ether oxygens (including phenoxy) is 1. The van der Waals surface area contributed by atoms with Gasteiger partial charge in [0.05, 0.1) is 23.0 Å². The zero-order valence-corrected chi connectivity index (χ0v) is 11.8. The van der Waals surface area contributed by atoms with Crippen molar-refractivity contribution in [3.05, 3.63) is 48.5 Å². The number of allylic oxidation sites excluding steroid dienone is 1. The van der Waals surface area contributed by atoms with Gasteiger partial charge >= 0.3 is 5.97 Å². The normalized spacial score (nSPS) is 20.6. The average molecular weight is 353 g/mol. The summed E-state index contributed by atoms with van der Waals surface area (Å²) in [6.07, 6.45) is 0.102. The Morgan fingerprint density at radius 3 is 2.09 bits per heavy atom. The van der Waals surface area contributed by atoms with Crippen molar-refractivity contribution in [2.75, 3.05) is 7.11 Å². The Kier molecular flexibility index (Phi) is 4.67.